The van der Waals surface area contributed by atoms with Crippen molar-refractivity contribution in [3.8, 4) is 0 Å². The van der Waals surface area contributed by atoms with E-state index in [0.29, 0.717) is 0 Å². The normalized spacial score (nSPS) is 24.4. The van der Waals surface area contributed by atoms with E-state index in [9.17, 15) is 4.79 Å². The summed E-state index contributed by atoms with van der Waals surface area (Å²) in [6.45, 7) is 0. The Kier molecular flexibility index (Phi) is 3.19. The lowest BCUT2D eigenvalue weighted by Gasteiger charge is -2.20. The zero-order chi connectivity index (χ0) is 11.5. The Morgan fingerprint density at radius 3 is 2.94 bits per heavy atom. The number of carbonyl (C=O) groups is 1. The van der Waals surface area contributed by atoms with Gasteiger partial charge in [-0.1, -0.05) is 0 Å². The van der Waals surface area contributed by atoms with Gasteiger partial charge in [0, 0.05) is 25.2 Å². The minimum absolute atomic E-state index is 0.0835. The summed E-state index contributed by atoms with van der Waals surface area (Å²) in [6.07, 6.45) is 6.07. The number of amides is 1. The lowest BCUT2D eigenvalue weighted by atomic mass is 10.1. The first-order valence-corrected chi connectivity index (χ1v) is 5.61. The Morgan fingerprint density at radius 2 is 2.38 bits per heavy atom. The third-order valence-electron chi connectivity index (χ3n) is 3.19. The molecule has 86 valence electrons. The van der Waals surface area contributed by atoms with Gasteiger partial charge in [-0.05, 0) is 31.4 Å². The summed E-state index contributed by atoms with van der Waals surface area (Å²) in [5.74, 6) is 0.237. The van der Waals surface area contributed by atoms with Crippen molar-refractivity contribution >= 4 is 11.6 Å². The predicted octanol–water partition coefficient (Wildman–Crippen LogP) is 1.17. The van der Waals surface area contributed by atoms with Crippen LogP contribution >= 0.6 is 0 Å². The molecule has 16 heavy (non-hydrogen) atoms. The SMILES string of the molecule is CN(C(=O)C1CCC(N)C1)c1cccnc1. The lowest BCUT2D eigenvalue weighted by molar-refractivity contribution is -0.121. The Morgan fingerprint density at radius 1 is 1.56 bits per heavy atom. The molecule has 1 heterocycles. The zero-order valence-corrected chi connectivity index (χ0v) is 9.47. The number of carbonyl (C=O) groups excluding carboxylic acids is 1. The predicted molar refractivity (Wildman–Crippen MR) is 63.0 cm³/mol. The first kappa shape index (κ1) is 11.1. The van der Waals surface area contributed by atoms with Gasteiger partial charge < -0.3 is 10.6 Å². The Labute approximate surface area is 95.5 Å². The summed E-state index contributed by atoms with van der Waals surface area (Å²) < 4.78 is 0. The molecule has 1 aromatic rings. The molecular weight excluding hydrogens is 202 g/mol. The molecule has 1 amide bonds. The first-order chi connectivity index (χ1) is 7.68. The highest BCUT2D eigenvalue weighted by molar-refractivity contribution is 5.94. The van der Waals surface area contributed by atoms with Gasteiger partial charge in [0.05, 0.1) is 11.9 Å². The van der Waals surface area contributed by atoms with Crippen molar-refractivity contribution < 1.29 is 4.79 Å². The number of anilines is 1. The number of nitrogens with two attached hydrogens (primary N) is 1. The number of hydrogen-bond acceptors (Lipinski definition) is 3. The van der Waals surface area contributed by atoms with Gasteiger partial charge in [-0.15, -0.1) is 0 Å². The molecule has 0 saturated heterocycles. The van der Waals surface area contributed by atoms with E-state index < -0.39 is 0 Å². The van der Waals surface area contributed by atoms with Crippen LogP contribution in [-0.4, -0.2) is 24.0 Å². The van der Waals surface area contributed by atoms with Crippen LogP contribution in [0.4, 0.5) is 5.69 Å². The maximum absolute atomic E-state index is 12.1. The van der Waals surface area contributed by atoms with Gasteiger partial charge in [-0.3, -0.25) is 9.78 Å². The van der Waals surface area contributed by atoms with E-state index in [-0.39, 0.29) is 17.9 Å². The van der Waals surface area contributed by atoms with Crippen LogP contribution in [0, 0.1) is 5.92 Å². The van der Waals surface area contributed by atoms with Crippen molar-refractivity contribution in [1.29, 1.82) is 0 Å². The van der Waals surface area contributed by atoms with E-state index in [1.807, 2.05) is 12.1 Å². The average Bonchev–Trinajstić information content (AvgIpc) is 2.75. The Balaban J connectivity index is 2.05. The van der Waals surface area contributed by atoms with Crippen LogP contribution < -0.4 is 10.6 Å². The molecule has 2 N–H and O–H groups in total. The summed E-state index contributed by atoms with van der Waals surface area (Å²) in [7, 11) is 1.79. The minimum atomic E-state index is 0.0835. The molecule has 2 unspecified atom stereocenters. The van der Waals surface area contributed by atoms with Crippen molar-refractivity contribution in [2.45, 2.75) is 25.3 Å². The highest BCUT2D eigenvalue weighted by Crippen LogP contribution is 2.27. The first-order valence-electron chi connectivity index (χ1n) is 5.61. The van der Waals surface area contributed by atoms with Gasteiger partial charge >= 0.3 is 0 Å². The molecule has 1 aromatic heterocycles. The monoisotopic (exact) mass is 219 g/mol. The van der Waals surface area contributed by atoms with Crippen molar-refractivity contribution in [2.24, 2.45) is 11.7 Å². The number of hydrogen-bond donors (Lipinski definition) is 1. The largest absolute Gasteiger partial charge is 0.328 e. The van der Waals surface area contributed by atoms with Gasteiger partial charge in [-0.2, -0.15) is 0 Å². The van der Waals surface area contributed by atoms with Gasteiger partial charge in [0.2, 0.25) is 5.91 Å². The minimum Gasteiger partial charge on any atom is -0.328 e. The molecule has 1 fully saturated rings. The standard InChI is InChI=1S/C12H17N3O/c1-15(11-3-2-6-14-8-11)12(16)9-4-5-10(13)7-9/h2-3,6,8-10H,4-5,7,13H2,1H3. The van der Waals surface area contributed by atoms with E-state index in [1.165, 1.54) is 0 Å². The molecule has 4 heteroatoms. The maximum atomic E-state index is 12.1. The third kappa shape index (κ3) is 2.22. The van der Waals surface area contributed by atoms with Crippen LogP contribution in [0.5, 0.6) is 0 Å². The van der Waals surface area contributed by atoms with Crippen molar-refractivity contribution in [1.82, 2.24) is 4.98 Å². The van der Waals surface area contributed by atoms with Crippen LogP contribution in [0.1, 0.15) is 19.3 Å². The number of pyridine rings is 1. The average molecular weight is 219 g/mol. The molecule has 1 saturated carbocycles. The molecule has 0 bridgehead atoms. The summed E-state index contributed by atoms with van der Waals surface area (Å²) >= 11 is 0. The fraction of sp³-hybridized carbons (Fsp3) is 0.500. The Bertz CT molecular complexity index is 366. The van der Waals surface area contributed by atoms with Crippen LogP contribution in [0.15, 0.2) is 24.5 Å². The van der Waals surface area contributed by atoms with E-state index in [1.54, 1.807) is 24.3 Å². The molecule has 0 aromatic carbocycles. The quantitative estimate of drug-likeness (QED) is 0.812. The van der Waals surface area contributed by atoms with E-state index >= 15 is 0 Å². The number of nitrogens with zero attached hydrogens (tertiary/aromatic N) is 2. The van der Waals surface area contributed by atoms with Crippen LogP contribution in [-0.2, 0) is 4.79 Å². The second-order valence-electron chi connectivity index (χ2n) is 4.38. The summed E-state index contributed by atoms with van der Waals surface area (Å²) in [4.78, 5) is 17.8. The number of aromatic nitrogens is 1. The van der Waals surface area contributed by atoms with Crippen LogP contribution in [0.25, 0.3) is 0 Å². The van der Waals surface area contributed by atoms with Crippen molar-refractivity contribution in [3.05, 3.63) is 24.5 Å². The number of rotatable bonds is 2. The fourth-order valence-electron chi connectivity index (χ4n) is 2.19. The Hall–Kier alpha value is -1.42. The summed E-state index contributed by atoms with van der Waals surface area (Å²) in [5.41, 5.74) is 6.66. The van der Waals surface area contributed by atoms with Gasteiger partial charge in [0.15, 0.2) is 0 Å². The molecule has 1 aliphatic rings. The van der Waals surface area contributed by atoms with Crippen molar-refractivity contribution in [3.63, 3.8) is 0 Å². The molecule has 0 radical (unpaired) electrons. The zero-order valence-electron chi connectivity index (χ0n) is 9.47. The summed E-state index contributed by atoms with van der Waals surface area (Å²) in [5, 5.41) is 0. The second kappa shape index (κ2) is 4.61. The van der Waals surface area contributed by atoms with E-state index in [0.717, 1.165) is 24.9 Å². The molecule has 2 atom stereocenters. The highest BCUT2D eigenvalue weighted by Gasteiger charge is 2.30. The van der Waals surface area contributed by atoms with Crippen LogP contribution in [0.2, 0.25) is 0 Å². The van der Waals surface area contributed by atoms with E-state index in [4.69, 9.17) is 5.73 Å². The third-order valence-corrected chi connectivity index (χ3v) is 3.19. The fourth-order valence-corrected chi connectivity index (χ4v) is 2.19. The topological polar surface area (TPSA) is 59.2 Å². The highest BCUT2D eigenvalue weighted by atomic mass is 16.2. The molecular formula is C12H17N3O. The summed E-state index contributed by atoms with van der Waals surface area (Å²) in [6, 6.07) is 3.91. The van der Waals surface area contributed by atoms with Gasteiger partial charge in [-0.25, -0.2) is 0 Å². The smallest absolute Gasteiger partial charge is 0.229 e. The molecule has 0 aliphatic heterocycles. The van der Waals surface area contributed by atoms with Gasteiger partial charge in [0.25, 0.3) is 0 Å². The second-order valence-corrected chi connectivity index (χ2v) is 4.38. The van der Waals surface area contributed by atoms with Crippen molar-refractivity contribution in [2.75, 3.05) is 11.9 Å². The van der Waals surface area contributed by atoms with E-state index in [2.05, 4.69) is 4.98 Å². The van der Waals surface area contributed by atoms with Gasteiger partial charge in [0.1, 0.15) is 0 Å². The lowest BCUT2D eigenvalue weighted by Crippen LogP contribution is -2.32. The maximum Gasteiger partial charge on any atom is 0.229 e. The molecule has 4 nitrogen and oxygen atoms in total. The van der Waals surface area contributed by atoms with Crippen LogP contribution in [0.3, 0.4) is 0 Å². The molecule has 0 spiro atoms. The molecule has 1 aliphatic carbocycles. The molecule has 2 rings (SSSR count).